The lowest BCUT2D eigenvalue weighted by Gasteiger charge is -2.28. The number of aromatic amines is 1. The predicted octanol–water partition coefficient (Wildman–Crippen LogP) is 2.80. The normalized spacial score (nSPS) is 17.3. The van der Waals surface area contributed by atoms with E-state index in [1.165, 1.54) is 5.69 Å². The summed E-state index contributed by atoms with van der Waals surface area (Å²) < 4.78 is 5.41. The molecule has 0 atom stereocenters. The maximum atomic E-state index is 5.41. The summed E-state index contributed by atoms with van der Waals surface area (Å²) in [5, 5.41) is 15.2. The molecule has 8 nitrogen and oxygen atoms in total. The SMILES string of the molecule is Sc1n[nH]c2nc(Nc3ccc(N4CCOCC4)cc3)nc(NC3CC3)c12. The number of thiol groups is 1. The third-order valence-electron chi connectivity index (χ3n) is 4.82. The van der Waals surface area contributed by atoms with Crippen molar-refractivity contribution in [2.75, 3.05) is 41.8 Å². The van der Waals surface area contributed by atoms with Gasteiger partial charge in [-0.1, -0.05) is 0 Å². The number of H-pyrrole nitrogens is 1. The highest BCUT2D eigenvalue weighted by atomic mass is 32.1. The van der Waals surface area contributed by atoms with Crippen LogP contribution in [0.1, 0.15) is 12.8 Å². The zero-order chi connectivity index (χ0) is 18.2. The van der Waals surface area contributed by atoms with E-state index in [-0.39, 0.29) is 0 Å². The van der Waals surface area contributed by atoms with Gasteiger partial charge in [-0.25, -0.2) is 0 Å². The second-order valence-electron chi connectivity index (χ2n) is 6.86. The monoisotopic (exact) mass is 383 g/mol. The molecule has 3 N–H and O–H groups in total. The van der Waals surface area contributed by atoms with Crippen molar-refractivity contribution in [2.45, 2.75) is 23.9 Å². The molecule has 0 radical (unpaired) electrons. The molecule has 3 aromatic rings. The first-order chi connectivity index (χ1) is 13.3. The number of nitrogens with one attached hydrogen (secondary N) is 3. The quantitative estimate of drug-likeness (QED) is 0.504. The van der Waals surface area contributed by atoms with Crippen LogP contribution in [0.25, 0.3) is 11.0 Å². The molecular weight excluding hydrogens is 362 g/mol. The van der Waals surface area contributed by atoms with E-state index < -0.39 is 0 Å². The Morgan fingerprint density at radius 1 is 1.11 bits per heavy atom. The van der Waals surface area contributed by atoms with Crippen LogP contribution in [-0.4, -0.2) is 52.5 Å². The zero-order valence-corrected chi connectivity index (χ0v) is 15.7. The van der Waals surface area contributed by atoms with Crippen LogP contribution in [-0.2, 0) is 4.74 Å². The lowest BCUT2D eigenvalue weighted by Crippen LogP contribution is -2.36. The van der Waals surface area contributed by atoms with E-state index in [0.29, 0.717) is 22.7 Å². The molecule has 1 aromatic carbocycles. The highest BCUT2D eigenvalue weighted by Crippen LogP contribution is 2.31. The molecule has 5 rings (SSSR count). The van der Waals surface area contributed by atoms with E-state index in [4.69, 9.17) is 4.74 Å². The number of morpholine rings is 1. The average molecular weight is 383 g/mol. The number of benzene rings is 1. The summed E-state index contributed by atoms with van der Waals surface area (Å²) in [5.41, 5.74) is 2.81. The fraction of sp³-hybridized carbons (Fsp3) is 0.389. The summed E-state index contributed by atoms with van der Waals surface area (Å²) in [5.74, 6) is 1.30. The lowest BCUT2D eigenvalue weighted by atomic mass is 10.2. The molecule has 0 spiro atoms. The molecule has 1 aliphatic carbocycles. The standard InChI is InChI=1S/C18H21N7OS/c27-17-14-15(19-11-1-2-11)21-18(22-16(14)23-24-17)20-12-3-5-13(6-4-12)25-7-9-26-10-8-25/h3-6,11H,1-2,7-10H2,(H4,19,20,21,22,23,24,27). The number of ether oxygens (including phenoxy) is 1. The van der Waals surface area contributed by atoms with Gasteiger partial charge in [0.2, 0.25) is 5.95 Å². The Balaban J connectivity index is 1.39. The van der Waals surface area contributed by atoms with Crippen molar-refractivity contribution in [3.8, 4) is 0 Å². The van der Waals surface area contributed by atoms with Gasteiger partial charge in [0.25, 0.3) is 0 Å². The highest BCUT2D eigenvalue weighted by Gasteiger charge is 2.24. The predicted molar refractivity (Wildman–Crippen MR) is 108 cm³/mol. The third-order valence-corrected chi connectivity index (χ3v) is 5.14. The van der Waals surface area contributed by atoms with Gasteiger partial charge < -0.3 is 20.3 Å². The average Bonchev–Trinajstić information content (AvgIpc) is 3.44. The summed E-state index contributed by atoms with van der Waals surface area (Å²) in [6.07, 6.45) is 2.33. The van der Waals surface area contributed by atoms with Crippen LogP contribution in [0.4, 0.5) is 23.1 Å². The molecule has 0 amide bonds. The number of aromatic nitrogens is 4. The Kier molecular flexibility index (Phi) is 4.25. The van der Waals surface area contributed by atoms with Crippen LogP contribution in [0.3, 0.4) is 0 Å². The number of nitrogens with zero attached hydrogens (tertiary/aromatic N) is 4. The first kappa shape index (κ1) is 16.6. The van der Waals surface area contributed by atoms with Gasteiger partial charge in [0.15, 0.2) is 5.65 Å². The van der Waals surface area contributed by atoms with Gasteiger partial charge in [-0.2, -0.15) is 15.1 Å². The molecule has 27 heavy (non-hydrogen) atoms. The van der Waals surface area contributed by atoms with Crippen molar-refractivity contribution in [1.82, 2.24) is 20.2 Å². The smallest absolute Gasteiger partial charge is 0.231 e. The summed E-state index contributed by atoms with van der Waals surface area (Å²) in [7, 11) is 0. The van der Waals surface area contributed by atoms with Crippen molar-refractivity contribution in [2.24, 2.45) is 0 Å². The molecule has 2 fully saturated rings. The largest absolute Gasteiger partial charge is 0.378 e. The molecule has 0 unspecified atom stereocenters. The van der Waals surface area contributed by atoms with Crippen molar-refractivity contribution in [3.05, 3.63) is 24.3 Å². The Morgan fingerprint density at radius 3 is 2.63 bits per heavy atom. The summed E-state index contributed by atoms with van der Waals surface area (Å²) in [4.78, 5) is 11.5. The van der Waals surface area contributed by atoms with Gasteiger partial charge in [0, 0.05) is 30.5 Å². The van der Waals surface area contributed by atoms with Gasteiger partial charge >= 0.3 is 0 Å². The summed E-state index contributed by atoms with van der Waals surface area (Å²) >= 11 is 4.41. The lowest BCUT2D eigenvalue weighted by molar-refractivity contribution is 0.122. The molecule has 0 bridgehead atoms. The number of rotatable bonds is 5. The van der Waals surface area contributed by atoms with Crippen molar-refractivity contribution >= 4 is 46.8 Å². The third kappa shape index (κ3) is 3.52. The van der Waals surface area contributed by atoms with Gasteiger partial charge in [-0.3, -0.25) is 5.10 Å². The van der Waals surface area contributed by atoms with E-state index >= 15 is 0 Å². The Morgan fingerprint density at radius 2 is 1.89 bits per heavy atom. The maximum Gasteiger partial charge on any atom is 0.231 e. The molecule has 1 saturated carbocycles. The molecule has 2 aromatic heterocycles. The van der Waals surface area contributed by atoms with Crippen molar-refractivity contribution < 1.29 is 4.74 Å². The van der Waals surface area contributed by atoms with E-state index in [1.807, 2.05) is 12.1 Å². The number of fused-ring (bicyclic) bond motifs is 1. The molecule has 2 aliphatic rings. The van der Waals surface area contributed by atoms with Crippen LogP contribution in [0.15, 0.2) is 29.3 Å². The molecule has 140 valence electrons. The first-order valence-corrected chi connectivity index (χ1v) is 9.62. The minimum Gasteiger partial charge on any atom is -0.378 e. The van der Waals surface area contributed by atoms with E-state index in [9.17, 15) is 0 Å². The first-order valence-electron chi connectivity index (χ1n) is 9.18. The Hall–Kier alpha value is -2.52. The molecule has 9 heteroatoms. The highest BCUT2D eigenvalue weighted by molar-refractivity contribution is 7.80. The van der Waals surface area contributed by atoms with Crippen LogP contribution in [0.2, 0.25) is 0 Å². The maximum absolute atomic E-state index is 5.41. The fourth-order valence-corrected chi connectivity index (χ4v) is 3.46. The van der Waals surface area contributed by atoms with Crippen molar-refractivity contribution in [3.63, 3.8) is 0 Å². The zero-order valence-electron chi connectivity index (χ0n) is 14.8. The molecular formula is C18H21N7OS. The Bertz CT molecular complexity index is 948. The fourth-order valence-electron chi connectivity index (χ4n) is 3.20. The number of hydrogen-bond acceptors (Lipinski definition) is 8. The molecule has 1 saturated heterocycles. The van der Waals surface area contributed by atoms with E-state index in [2.05, 4.69) is 60.5 Å². The van der Waals surface area contributed by atoms with E-state index in [0.717, 1.165) is 56.0 Å². The topological polar surface area (TPSA) is 91.0 Å². The number of hydrogen-bond donors (Lipinski definition) is 4. The minimum atomic E-state index is 0.478. The Labute approximate surface area is 162 Å². The van der Waals surface area contributed by atoms with Gasteiger partial charge in [-0.15, -0.1) is 12.6 Å². The minimum absolute atomic E-state index is 0.478. The summed E-state index contributed by atoms with van der Waals surface area (Å²) in [6.45, 7) is 3.41. The van der Waals surface area contributed by atoms with E-state index in [1.54, 1.807) is 0 Å². The van der Waals surface area contributed by atoms with Crippen LogP contribution < -0.4 is 15.5 Å². The van der Waals surface area contributed by atoms with Gasteiger partial charge in [-0.05, 0) is 37.1 Å². The van der Waals surface area contributed by atoms with Gasteiger partial charge in [0.05, 0.1) is 18.6 Å². The van der Waals surface area contributed by atoms with Crippen LogP contribution >= 0.6 is 12.6 Å². The second-order valence-corrected chi connectivity index (χ2v) is 7.28. The van der Waals surface area contributed by atoms with Gasteiger partial charge in [0.1, 0.15) is 10.8 Å². The van der Waals surface area contributed by atoms with Crippen molar-refractivity contribution in [1.29, 1.82) is 0 Å². The van der Waals surface area contributed by atoms with Crippen LogP contribution in [0, 0.1) is 0 Å². The molecule has 1 aliphatic heterocycles. The summed E-state index contributed by atoms with van der Waals surface area (Å²) in [6, 6.07) is 8.79. The molecule has 3 heterocycles. The van der Waals surface area contributed by atoms with Crippen LogP contribution in [0.5, 0.6) is 0 Å². The number of anilines is 4. The second kappa shape index (κ2) is 6.90.